The highest BCUT2D eigenvalue weighted by Crippen LogP contribution is 2.14. The summed E-state index contributed by atoms with van der Waals surface area (Å²) in [7, 11) is 0. The number of rotatable bonds is 3. The third-order valence-corrected chi connectivity index (χ3v) is 1.27. The number of carbonyl (C=O) groups excluding carboxylic acids is 1. The first-order valence-electron chi connectivity index (χ1n) is 3.85. The topological polar surface area (TPSA) is 46.5 Å². The molecule has 0 radical (unpaired) electrons. The Bertz CT molecular complexity index is 167. The predicted octanol–water partition coefficient (Wildman–Crippen LogP) is 1.12. The Hall–Kier alpha value is -0.830. The summed E-state index contributed by atoms with van der Waals surface area (Å²) >= 11 is 0. The largest absolute Gasteiger partial charge is 0.462 e. The first-order valence-corrected chi connectivity index (χ1v) is 3.85. The van der Waals surface area contributed by atoms with E-state index in [4.69, 9.17) is 9.84 Å². The van der Waals surface area contributed by atoms with Gasteiger partial charge in [-0.2, -0.15) is 0 Å². The molecule has 0 aliphatic rings. The molecule has 0 rings (SSSR count). The van der Waals surface area contributed by atoms with Crippen molar-refractivity contribution in [3.05, 3.63) is 12.7 Å². The average molecular weight is 172 g/mol. The molecule has 1 atom stereocenters. The fourth-order valence-electron chi connectivity index (χ4n) is 0.446. The maximum Gasteiger partial charge on any atom is 0.311 e. The Morgan fingerprint density at radius 3 is 2.50 bits per heavy atom. The van der Waals surface area contributed by atoms with E-state index in [1.54, 1.807) is 20.8 Å². The standard InChI is InChI=1S/C9H16O3/c1-5-7(10)6-12-8(11)9(2,3)4/h5,7,10H,1,6H2,2-4H3/t7-/m1/s1. The van der Waals surface area contributed by atoms with Gasteiger partial charge in [-0.15, -0.1) is 6.58 Å². The Kier molecular flexibility index (Phi) is 3.96. The van der Waals surface area contributed by atoms with Gasteiger partial charge < -0.3 is 9.84 Å². The third-order valence-electron chi connectivity index (χ3n) is 1.27. The van der Waals surface area contributed by atoms with Crippen molar-refractivity contribution >= 4 is 5.97 Å². The highest BCUT2D eigenvalue weighted by Gasteiger charge is 2.23. The number of hydrogen-bond acceptors (Lipinski definition) is 3. The second-order valence-electron chi connectivity index (χ2n) is 3.65. The zero-order valence-electron chi connectivity index (χ0n) is 7.83. The van der Waals surface area contributed by atoms with E-state index in [1.807, 2.05) is 0 Å². The van der Waals surface area contributed by atoms with Crippen LogP contribution in [0.15, 0.2) is 12.7 Å². The fourth-order valence-corrected chi connectivity index (χ4v) is 0.446. The number of ether oxygens (including phenoxy) is 1. The summed E-state index contributed by atoms with van der Waals surface area (Å²) in [6, 6.07) is 0. The van der Waals surface area contributed by atoms with Gasteiger partial charge in [-0.25, -0.2) is 0 Å². The molecule has 70 valence electrons. The summed E-state index contributed by atoms with van der Waals surface area (Å²) in [4.78, 5) is 11.1. The van der Waals surface area contributed by atoms with Crippen molar-refractivity contribution in [2.75, 3.05) is 6.61 Å². The second kappa shape index (κ2) is 4.26. The minimum atomic E-state index is -0.767. The SMILES string of the molecule is C=C[C@@H](O)COC(=O)C(C)(C)C. The van der Waals surface area contributed by atoms with Crippen LogP contribution in [0.2, 0.25) is 0 Å². The average Bonchev–Trinajstić information content (AvgIpc) is 1.97. The molecular weight excluding hydrogens is 156 g/mol. The van der Waals surface area contributed by atoms with Gasteiger partial charge in [-0.1, -0.05) is 6.08 Å². The van der Waals surface area contributed by atoms with E-state index in [1.165, 1.54) is 6.08 Å². The summed E-state index contributed by atoms with van der Waals surface area (Å²) in [5.74, 6) is -0.316. The molecule has 0 saturated heterocycles. The summed E-state index contributed by atoms with van der Waals surface area (Å²) in [5, 5.41) is 8.98. The molecule has 0 aliphatic carbocycles. The Labute approximate surface area is 73.0 Å². The van der Waals surface area contributed by atoms with Gasteiger partial charge >= 0.3 is 5.97 Å². The normalized spacial score (nSPS) is 13.7. The summed E-state index contributed by atoms with van der Waals surface area (Å²) in [6.45, 7) is 8.62. The zero-order valence-corrected chi connectivity index (χ0v) is 7.83. The molecule has 0 bridgehead atoms. The smallest absolute Gasteiger partial charge is 0.311 e. The summed E-state index contributed by atoms with van der Waals surface area (Å²) in [6.07, 6.45) is 0.562. The van der Waals surface area contributed by atoms with Crippen LogP contribution in [0.4, 0.5) is 0 Å². The number of aliphatic hydroxyl groups excluding tert-OH is 1. The van der Waals surface area contributed by atoms with Crippen molar-refractivity contribution in [3.8, 4) is 0 Å². The van der Waals surface area contributed by atoms with Crippen LogP contribution < -0.4 is 0 Å². The van der Waals surface area contributed by atoms with Gasteiger partial charge in [0.15, 0.2) is 0 Å². The van der Waals surface area contributed by atoms with E-state index in [-0.39, 0.29) is 12.6 Å². The molecule has 12 heavy (non-hydrogen) atoms. The number of carbonyl (C=O) groups is 1. The van der Waals surface area contributed by atoms with Gasteiger partial charge in [0.1, 0.15) is 12.7 Å². The summed E-state index contributed by atoms with van der Waals surface area (Å²) < 4.78 is 4.80. The molecule has 0 aromatic carbocycles. The van der Waals surface area contributed by atoms with Gasteiger partial charge in [0.2, 0.25) is 0 Å². The highest BCUT2D eigenvalue weighted by atomic mass is 16.5. The van der Waals surface area contributed by atoms with E-state index in [9.17, 15) is 4.79 Å². The quantitative estimate of drug-likeness (QED) is 0.512. The van der Waals surface area contributed by atoms with Gasteiger partial charge in [0, 0.05) is 0 Å². The monoisotopic (exact) mass is 172 g/mol. The van der Waals surface area contributed by atoms with Crippen molar-refractivity contribution in [3.63, 3.8) is 0 Å². The molecule has 0 aromatic heterocycles. The first-order chi connectivity index (χ1) is 5.38. The van der Waals surface area contributed by atoms with Crippen LogP contribution in [0.25, 0.3) is 0 Å². The van der Waals surface area contributed by atoms with Crippen molar-refractivity contribution in [2.24, 2.45) is 5.41 Å². The zero-order chi connectivity index (χ0) is 9.78. The molecule has 1 N–H and O–H groups in total. The van der Waals surface area contributed by atoms with E-state index in [0.29, 0.717) is 0 Å². The summed E-state index contributed by atoms with van der Waals surface area (Å²) in [5.41, 5.74) is -0.513. The molecular formula is C9H16O3. The van der Waals surface area contributed by atoms with Crippen LogP contribution in [0.1, 0.15) is 20.8 Å². The van der Waals surface area contributed by atoms with Crippen molar-refractivity contribution < 1.29 is 14.6 Å². The molecule has 0 amide bonds. The van der Waals surface area contributed by atoms with Crippen LogP contribution in [0, 0.1) is 5.41 Å². The molecule has 0 spiro atoms. The first kappa shape index (κ1) is 11.2. The predicted molar refractivity (Wildman–Crippen MR) is 46.6 cm³/mol. The van der Waals surface area contributed by atoms with E-state index >= 15 is 0 Å². The fraction of sp³-hybridized carbons (Fsp3) is 0.667. The van der Waals surface area contributed by atoms with Crippen LogP contribution in [-0.4, -0.2) is 23.8 Å². The third kappa shape index (κ3) is 4.13. The molecule has 0 aliphatic heterocycles. The lowest BCUT2D eigenvalue weighted by atomic mass is 9.97. The minimum Gasteiger partial charge on any atom is -0.462 e. The van der Waals surface area contributed by atoms with Gasteiger partial charge in [-0.3, -0.25) is 4.79 Å². The molecule has 0 heterocycles. The Morgan fingerprint density at radius 2 is 2.17 bits per heavy atom. The lowest BCUT2D eigenvalue weighted by molar-refractivity contribution is -0.155. The minimum absolute atomic E-state index is 0.0143. The maximum atomic E-state index is 11.1. The van der Waals surface area contributed by atoms with Crippen LogP contribution >= 0.6 is 0 Å². The van der Waals surface area contributed by atoms with Crippen molar-refractivity contribution in [1.82, 2.24) is 0 Å². The lowest BCUT2D eigenvalue weighted by Gasteiger charge is -2.17. The number of aliphatic hydroxyl groups is 1. The molecule has 3 heteroatoms. The second-order valence-corrected chi connectivity index (χ2v) is 3.65. The van der Waals surface area contributed by atoms with E-state index in [2.05, 4.69) is 6.58 Å². The van der Waals surface area contributed by atoms with Gasteiger partial charge in [0.05, 0.1) is 5.41 Å². The van der Waals surface area contributed by atoms with E-state index < -0.39 is 11.5 Å². The van der Waals surface area contributed by atoms with Gasteiger partial charge in [-0.05, 0) is 20.8 Å². The van der Waals surface area contributed by atoms with Crippen LogP contribution in [-0.2, 0) is 9.53 Å². The molecule has 0 fully saturated rings. The molecule has 0 saturated carbocycles. The van der Waals surface area contributed by atoms with Gasteiger partial charge in [0.25, 0.3) is 0 Å². The molecule has 0 unspecified atom stereocenters. The maximum absolute atomic E-state index is 11.1. The van der Waals surface area contributed by atoms with Crippen molar-refractivity contribution in [1.29, 1.82) is 0 Å². The van der Waals surface area contributed by atoms with E-state index in [0.717, 1.165) is 0 Å². The number of hydrogen-bond donors (Lipinski definition) is 1. The van der Waals surface area contributed by atoms with Crippen LogP contribution in [0.5, 0.6) is 0 Å². The molecule has 0 aromatic rings. The lowest BCUT2D eigenvalue weighted by Crippen LogP contribution is -2.26. The van der Waals surface area contributed by atoms with Crippen molar-refractivity contribution in [2.45, 2.75) is 26.9 Å². The Morgan fingerprint density at radius 1 is 1.67 bits per heavy atom. The number of esters is 1. The Balaban J connectivity index is 3.80. The van der Waals surface area contributed by atoms with Crippen LogP contribution in [0.3, 0.4) is 0 Å². The molecule has 3 nitrogen and oxygen atoms in total. The highest BCUT2D eigenvalue weighted by molar-refractivity contribution is 5.75.